The fraction of sp³-hybridized carbons (Fsp3) is 0.500. The van der Waals surface area contributed by atoms with Crippen LogP contribution in [0.25, 0.3) is 0 Å². The highest BCUT2D eigenvalue weighted by Crippen LogP contribution is 2.05. The summed E-state index contributed by atoms with van der Waals surface area (Å²) < 4.78 is 1.95. The lowest BCUT2D eigenvalue weighted by atomic mass is 10.4. The number of nitrogens with zero attached hydrogens (tertiary/aromatic N) is 2. The van der Waals surface area contributed by atoms with Crippen LogP contribution in [0, 0.1) is 0 Å². The first-order valence-corrected chi connectivity index (χ1v) is 4.79. The maximum atomic E-state index is 11.4. The summed E-state index contributed by atoms with van der Waals surface area (Å²) >= 11 is 3.12. The fourth-order valence-corrected chi connectivity index (χ4v) is 1.28. The number of halogens is 1. The zero-order valence-electron chi connectivity index (χ0n) is 7.84. The van der Waals surface area contributed by atoms with E-state index >= 15 is 0 Å². The lowest BCUT2D eigenvalue weighted by Crippen LogP contribution is -2.24. The monoisotopic (exact) mass is 245 g/mol. The smallest absolute Gasteiger partial charge is 0.268 e. The molecule has 0 spiro atoms. The van der Waals surface area contributed by atoms with E-state index < -0.39 is 0 Å². The molecule has 1 rings (SSSR count). The number of rotatable bonds is 2. The molecule has 0 bridgehead atoms. The van der Waals surface area contributed by atoms with Gasteiger partial charge in [-0.3, -0.25) is 9.36 Å². The van der Waals surface area contributed by atoms with Crippen molar-refractivity contribution < 1.29 is 0 Å². The van der Waals surface area contributed by atoms with Crippen molar-refractivity contribution in [1.29, 1.82) is 0 Å². The molecule has 0 atom stereocenters. The molecule has 0 fully saturated rings. The van der Waals surface area contributed by atoms with Gasteiger partial charge in [0, 0.05) is 13.1 Å². The summed E-state index contributed by atoms with van der Waals surface area (Å²) in [6, 6.07) is 0.263. The first-order valence-electron chi connectivity index (χ1n) is 4.00. The highest BCUT2D eigenvalue weighted by atomic mass is 79.9. The molecule has 4 nitrogen and oxygen atoms in total. The van der Waals surface area contributed by atoms with Crippen molar-refractivity contribution in [2.75, 3.05) is 5.32 Å². The van der Waals surface area contributed by atoms with Crippen LogP contribution in [0.3, 0.4) is 0 Å². The van der Waals surface area contributed by atoms with Crippen molar-refractivity contribution in [3.05, 3.63) is 21.0 Å². The molecule has 0 saturated carbocycles. The van der Waals surface area contributed by atoms with Crippen molar-refractivity contribution in [3.63, 3.8) is 0 Å². The highest BCUT2D eigenvalue weighted by molar-refractivity contribution is 9.10. The third-order valence-corrected chi connectivity index (χ3v) is 2.09. The van der Waals surface area contributed by atoms with Crippen LogP contribution in [0.2, 0.25) is 0 Å². The minimum atomic E-state index is -0.0850. The second kappa shape index (κ2) is 3.91. The van der Waals surface area contributed by atoms with E-state index in [0.29, 0.717) is 10.4 Å². The summed E-state index contributed by atoms with van der Waals surface area (Å²) in [6.07, 6.45) is 1.51. The number of aromatic nitrogens is 2. The van der Waals surface area contributed by atoms with E-state index in [2.05, 4.69) is 26.2 Å². The Hall–Kier alpha value is -0.840. The highest BCUT2D eigenvalue weighted by Gasteiger charge is 2.04. The Morgan fingerprint density at radius 3 is 2.77 bits per heavy atom. The zero-order valence-corrected chi connectivity index (χ0v) is 9.42. The fourth-order valence-electron chi connectivity index (χ4n) is 0.908. The van der Waals surface area contributed by atoms with Crippen LogP contribution < -0.4 is 10.9 Å². The van der Waals surface area contributed by atoms with E-state index in [1.165, 1.54) is 10.8 Å². The van der Waals surface area contributed by atoms with Gasteiger partial charge in [-0.15, -0.1) is 0 Å². The van der Waals surface area contributed by atoms with Gasteiger partial charge in [-0.25, -0.2) is 4.98 Å². The molecule has 72 valence electrons. The van der Waals surface area contributed by atoms with Gasteiger partial charge in [0.05, 0.1) is 6.20 Å². The Bertz CT molecular complexity index is 359. The molecule has 0 aliphatic rings. The van der Waals surface area contributed by atoms with E-state index in [1.54, 1.807) is 7.05 Å². The van der Waals surface area contributed by atoms with Crippen molar-refractivity contribution in [1.82, 2.24) is 9.55 Å². The summed E-state index contributed by atoms with van der Waals surface area (Å²) in [4.78, 5) is 15.5. The largest absolute Gasteiger partial charge is 0.353 e. The summed E-state index contributed by atoms with van der Waals surface area (Å²) in [5.41, 5.74) is -0.0850. The molecule has 0 saturated heterocycles. The molecular weight excluding hydrogens is 234 g/mol. The van der Waals surface area contributed by atoms with Gasteiger partial charge in [0.2, 0.25) is 5.95 Å². The SMILES string of the molecule is CC(C)Nc1ncc(Br)c(=O)n1C. The second-order valence-electron chi connectivity index (χ2n) is 3.09. The standard InChI is InChI=1S/C8H12BrN3O/c1-5(2)11-8-10-4-6(9)7(13)12(8)3/h4-5H,1-3H3,(H,10,11). The number of hydrogen-bond donors (Lipinski definition) is 1. The van der Waals surface area contributed by atoms with Gasteiger partial charge in [0.15, 0.2) is 0 Å². The first-order chi connectivity index (χ1) is 6.02. The Labute approximate surface area is 85.1 Å². The summed E-state index contributed by atoms with van der Waals surface area (Å²) in [5.74, 6) is 0.586. The Balaban J connectivity index is 3.11. The third-order valence-electron chi connectivity index (χ3n) is 1.54. The Morgan fingerprint density at radius 2 is 2.23 bits per heavy atom. The number of hydrogen-bond acceptors (Lipinski definition) is 3. The summed E-state index contributed by atoms with van der Waals surface area (Å²) in [5, 5.41) is 3.07. The lowest BCUT2D eigenvalue weighted by Gasteiger charge is -2.12. The van der Waals surface area contributed by atoms with Crippen LogP contribution in [0.5, 0.6) is 0 Å². The van der Waals surface area contributed by atoms with Gasteiger partial charge in [0.1, 0.15) is 4.47 Å². The van der Waals surface area contributed by atoms with Gasteiger partial charge >= 0.3 is 0 Å². The molecule has 5 heteroatoms. The predicted molar refractivity (Wildman–Crippen MR) is 55.9 cm³/mol. The molecule has 13 heavy (non-hydrogen) atoms. The Kier molecular flexibility index (Phi) is 3.08. The van der Waals surface area contributed by atoms with Crippen LogP contribution >= 0.6 is 15.9 Å². The molecule has 1 N–H and O–H groups in total. The predicted octanol–water partition coefficient (Wildman–Crippen LogP) is 1.36. The number of nitrogens with one attached hydrogen (secondary N) is 1. The molecule has 0 aliphatic carbocycles. The van der Waals surface area contributed by atoms with E-state index in [1.807, 2.05) is 13.8 Å². The molecule has 0 radical (unpaired) electrons. The second-order valence-corrected chi connectivity index (χ2v) is 3.95. The summed E-state index contributed by atoms with van der Waals surface area (Å²) in [7, 11) is 1.69. The van der Waals surface area contributed by atoms with E-state index in [-0.39, 0.29) is 11.6 Å². The van der Waals surface area contributed by atoms with Gasteiger partial charge < -0.3 is 5.32 Å². The molecule has 0 aromatic carbocycles. The number of anilines is 1. The van der Waals surface area contributed by atoms with Crippen LogP contribution in [0.4, 0.5) is 5.95 Å². The minimum Gasteiger partial charge on any atom is -0.353 e. The molecule has 1 heterocycles. The first kappa shape index (κ1) is 10.2. The normalized spacial score (nSPS) is 10.5. The van der Waals surface area contributed by atoms with E-state index in [9.17, 15) is 4.79 Å². The van der Waals surface area contributed by atoms with Crippen LogP contribution in [-0.2, 0) is 7.05 Å². The van der Waals surface area contributed by atoms with Crippen molar-refractivity contribution in [2.24, 2.45) is 7.05 Å². The zero-order chi connectivity index (χ0) is 10.0. The Morgan fingerprint density at radius 1 is 1.62 bits per heavy atom. The van der Waals surface area contributed by atoms with Gasteiger partial charge in [-0.2, -0.15) is 0 Å². The average molecular weight is 246 g/mol. The minimum absolute atomic E-state index is 0.0850. The van der Waals surface area contributed by atoms with Gasteiger partial charge in [-0.05, 0) is 29.8 Å². The van der Waals surface area contributed by atoms with Crippen molar-refractivity contribution >= 4 is 21.9 Å². The topological polar surface area (TPSA) is 46.9 Å². The van der Waals surface area contributed by atoms with Crippen LogP contribution in [-0.4, -0.2) is 15.6 Å². The van der Waals surface area contributed by atoms with Crippen molar-refractivity contribution in [2.45, 2.75) is 19.9 Å². The molecule has 1 aromatic heterocycles. The lowest BCUT2D eigenvalue weighted by molar-refractivity contribution is 0.781. The van der Waals surface area contributed by atoms with Crippen LogP contribution in [0.1, 0.15) is 13.8 Å². The maximum Gasteiger partial charge on any atom is 0.268 e. The van der Waals surface area contributed by atoms with E-state index in [0.717, 1.165) is 0 Å². The molecule has 0 aliphatic heterocycles. The average Bonchev–Trinajstić information content (AvgIpc) is 2.06. The third kappa shape index (κ3) is 2.30. The van der Waals surface area contributed by atoms with Crippen molar-refractivity contribution in [3.8, 4) is 0 Å². The molecular formula is C8H12BrN3O. The van der Waals surface area contributed by atoms with Gasteiger partial charge in [-0.1, -0.05) is 0 Å². The van der Waals surface area contributed by atoms with Gasteiger partial charge in [0.25, 0.3) is 5.56 Å². The maximum absolute atomic E-state index is 11.4. The molecule has 0 unspecified atom stereocenters. The van der Waals surface area contributed by atoms with Crippen LogP contribution in [0.15, 0.2) is 15.5 Å². The summed E-state index contributed by atoms with van der Waals surface area (Å²) in [6.45, 7) is 3.99. The molecule has 0 amide bonds. The van der Waals surface area contributed by atoms with E-state index in [4.69, 9.17) is 0 Å². The molecule has 1 aromatic rings. The quantitative estimate of drug-likeness (QED) is 0.857.